The molecule has 3 fully saturated rings. The van der Waals surface area contributed by atoms with E-state index in [4.69, 9.17) is 21.0 Å². The minimum absolute atomic E-state index is 0.181. The first-order chi connectivity index (χ1) is 15.5. The second kappa shape index (κ2) is 8.00. The highest BCUT2D eigenvalue weighted by Gasteiger charge is 2.51. The van der Waals surface area contributed by atoms with Crippen molar-refractivity contribution in [2.45, 2.75) is 13.0 Å². The van der Waals surface area contributed by atoms with Crippen LogP contribution in [0.25, 0.3) is 10.9 Å². The summed E-state index contributed by atoms with van der Waals surface area (Å²) in [6, 6.07) is 4.35. The molecular formula is C22H28N10. The van der Waals surface area contributed by atoms with E-state index < -0.39 is 0 Å². The van der Waals surface area contributed by atoms with Crippen LogP contribution in [-0.4, -0.2) is 89.9 Å². The molecule has 0 unspecified atom stereocenters. The lowest BCUT2D eigenvalue weighted by molar-refractivity contribution is -0.00267. The minimum Gasteiger partial charge on any atom is -0.403 e. The summed E-state index contributed by atoms with van der Waals surface area (Å²) in [5, 5.41) is 12.9. The van der Waals surface area contributed by atoms with Gasteiger partial charge in [-0.25, -0.2) is 15.0 Å². The molecule has 3 N–H and O–H groups in total. The van der Waals surface area contributed by atoms with Crippen LogP contribution in [-0.2, 0) is 0 Å². The lowest BCUT2D eigenvalue weighted by atomic mass is 9.73. The molecule has 3 saturated heterocycles. The monoisotopic (exact) mass is 432 g/mol. The molecule has 0 saturated carbocycles. The van der Waals surface area contributed by atoms with Gasteiger partial charge in [0.2, 0.25) is 5.95 Å². The van der Waals surface area contributed by atoms with E-state index in [1.807, 2.05) is 24.1 Å². The normalized spacial score (nSPS) is 21.4. The highest BCUT2D eigenvalue weighted by atomic mass is 15.3. The number of aliphatic imine (C=N–C) groups is 1. The molecule has 1 spiro atoms. The van der Waals surface area contributed by atoms with Crippen molar-refractivity contribution in [2.75, 3.05) is 63.1 Å². The molecule has 3 aliphatic heterocycles. The fourth-order valence-electron chi connectivity index (χ4n) is 4.94. The third-order valence-corrected chi connectivity index (χ3v) is 6.33. The van der Waals surface area contributed by atoms with Gasteiger partial charge in [0.15, 0.2) is 5.82 Å². The van der Waals surface area contributed by atoms with Crippen LogP contribution in [0.15, 0.2) is 29.2 Å². The van der Waals surface area contributed by atoms with E-state index in [2.05, 4.69) is 38.2 Å². The van der Waals surface area contributed by atoms with Crippen LogP contribution >= 0.6 is 0 Å². The predicted molar refractivity (Wildman–Crippen MR) is 124 cm³/mol. The summed E-state index contributed by atoms with van der Waals surface area (Å²) in [6.07, 6.45) is 5.00. The molecule has 0 aliphatic carbocycles. The number of nitrogens with zero attached hydrogens (tertiary/aromatic N) is 8. The third-order valence-electron chi connectivity index (χ3n) is 6.33. The Kier molecular flexibility index (Phi) is 5.15. The van der Waals surface area contributed by atoms with Crippen LogP contribution in [0.3, 0.4) is 0 Å². The highest BCUT2D eigenvalue weighted by molar-refractivity contribution is 5.90. The predicted octanol–water partition coefficient (Wildman–Crippen LogP) is 0.576. The molecule has 2 aromatic rings. The largest absolute Gasteiger partial charge is 0.403 e. The van der Waals surface area contributed by atoms with E-state index in [0.29, 0.717) is 23.6 Å². The van der Waals surface area contributed by atoms with Gasteiger partial charge in [-0.1, -0.05) is 0 Å². The van der Waals surface area contributed by atoms with Gasteiger partial charge in [-0.2, -0.15) is 5.26 Å². The summed E-state index contributed by atoms with van der Waals surface area (Å²) in [4.78, 5) is 25.3. The van der Waals surface area contributed by atoms with Crippen LogP contribution < -0.4 is 16.0 Å². The van der Waals surface area contributed by atoms with Gasteiger partial charge in [0.1, 0.15) is 5.52 Å². The first-order valence-electron chi connectivity index (χ1n) is 10.9. The average Bonchev–Trinajstić information content (AvgIpc) is 2.69. The highest BCUT2D eigenvalue weighted by Crippen LogP contribution is 2.42. The average molecular weight is 433 g/mol. The summed E-state index contributed by atoms with van der Waals surface area (Å²) in [6.45, 7) is 8.35. The van der Waals surface area contributed by atoms with Crippen molar-refractivity contribution in [3.8, 4) is 6.07 Å². The lowest BCUT2D eigenvalue weighted by Gasteiger charge is -2.59. The SMILES string of the molecule is Cc1cc2cnc(N/C(C=NC3CN(CC#N)C3)=C\N)nc2c(N2CC3(CN(C)C3)C2)n1. The summed E-state index contributed by atoms with van der Waals surface area (Å²) in [7, 11) is 2.17. The van der Waals surface area contributed by atoms with Crippen LogP contribution in [0.5, 0.6) is 0 Å². The van der Waals surface area contributed by atoms with Gasteiger partial charge >= 0.3 is 0 Å². The van der Waals surface area contributed by atoms with Crippen LogP contribution in [0.2, 0.25) is 0 Å². The van der Waals surface area contributed by atoms with Crippen molar-refractivity contribution >= 4 is 28.9 Å². The summed E-state index contributed by atoms with van der Waals surface area (Å²) < 4.78 is 0. The van der Waals surface area contributed by atoms with E-state index in [9.17, 15) is 0 Å². The molecule has 32 heavy (non-hydrogen) atoms. The van der Waals surface area contributed by atoms with Gasteiger partial charge in [0.25, 0.3) is 0 Å². The molecule has 0 radical (unpaired) electrons. The minimum atomic E-state index is 0.181. The first-order valence-corrected chi connectivity index (χ1v) is 10.9. The number of allylic oxidation sites excluding steroid dienone is 1. The third kappa shape index (κ3) is 3.85. The van der Waals surface area contributed by atoms with Crippen molar-refractivity contribution in [3.05, 3.63) is 29.9 Å². The number of fused-ring (bicyclic) bond motifs is 1. The van der Waals surface area contributed by atoms with Crippen LogP contribution in [0.1, 0.15) is 5.69 Å². The maximum absolute atomic E-state index is 8.73. The molecule has 166 valence electrons. The van der Waals surface area contributed by atoms with E-state index in [1.165, 1.54) is 6.20 Å². The number of nitriles is 1. The molecule has 0 aromatic carbocycles. The molecular weight excluding hydrogens is 404 g/mol. The van der Waals surface area contributed by atoms with Gasteiger partial charge in [-0.05, 0) is 20.0 Å². The number of pyridine rings is 1. The topological polar surface area (TPSA) is 123 Å². The van der Waals surface area contributed by atoms with Crippen LogP contribution in [0.4, 0.5) is 11.8 Å². The second-order valence-electron chi connectivity index (χ2n) is 9.28. The zero-order chi connectivity index (χ0) is 22.3. The summed E-state index contributed by atoms with van der Waals surface area (Å²) in [5.74, 6) is 1.38. The number of hydrogen-bond donors (Lipinski definition) is 2. The number of aromatic nitrogens is 3. The van der Waals surface area contributed by atoms with E-state index in [0.717, 1.165) is 61.7 Å². The molecule has 3 aliphatic rings. The molecule has 10 nitrogen and oxygen atoms in total. The van der Waals surface area contributed by atoms with Gasteiger partial charge in [0.05, 0.1) is 24.4 Å². The van der Waals surface area contributed by atoms with Crippen LogP contribution in [0, 0.1) is 23.7 Å². The zero-order valence-electron chi connectivity index (χ0n) is 18.5. The maximum atomic E-state index is 8.73. The quantitative estimate of drug-likeness (QED) is 0.498. The number of anilines is 2. The molecule has 2 aromatic heterocycles. The Balaban J connectivity index is 1.30. The number of aryl methyl sites for hydroxylation is 1. The Morgan fingerprint density at radius 2 is 2.12 bits per heavy atom. The Morgan fingerprint density at radius 3 is 2.81 bits per heavy atom. The number of hydrogen-bond acceptors (Lipinski definition) is 10. The van der Waals surface area contributed by atoms with Gasteiger partial charge in [-0.3, -0.25) is 9.89 Å². The Bertz CT molecular complexity index is 1110. The number of likely N-dealkylation sites (tertiary alicyclic amines) is 2. The van der Waals surface area contributed by atoms with Gasteiger partial charge in [0, 0.05) is 74.4 Å². The van der Waals surface area contributed by atoms with Crippen molar-refractivity contribution in [2.24, 2.45) is 16.1 Å². The number of nitrogens with two attached hydrogens (primary N) is 1. The van der Waals surface area contributed by atoms with Gasteiger partial charge in [-0.15, -0.1) is 0 Å². The fraction of sp³-hybridized carbons (Fsp3) is 0.500. The van der Waals surface area contributed by atoms with Gasteiger partial charge < -0.3 is 20.9 Å². The van der Waals surface area contributed by atoms with Crippen molar-refractivity contribution < 1.29 is 0 Å². The second-order valence-corrected chi connectivity index (χ2v) is 9.28. The van der Waals surface area contributed by atoms with Crippen molar-refractivity contribution in [3.63, 3.8) is 0 Å². The van der Waals surface area contributed by atoms with E-state index in [-0.39, 0.29) is 6.04 Å². The maximum Gasteiger partial charge on any atom is 0.227 e. The Hall–Kier alpha value is -3.29. The molecule has 0 amide bonds. The molecule has 5 rings (SSSR count). The zero-order valence-corrected chi connectivity index (χ0v) is 18.5. The summed E-state index contributed by atoms with van der Waals surface area (Å²) >= 11 is 0. The number of nitrogens with one attached hydrogen (secondary N) is 1. The Labute approximate surface area is 187 Å². The standard InChI is InChI=1S/C22H28N10/c1-15-5-16-7-26-21(28-17(6-24)8-25-18-9-31(10-18)4-3-23)29-19(16)20(27-15)32-13-22(14-32)11-30(2)12-22/h5-8,18H,4,9-14,24H2,1-2H3,(H,26,28,29)/b17-6-,25-8?. The summed E-state index contributed by atoms with van der Waals surface area (Å²) in [5.41, 5.74) is 8.64. The van der Waals surface area contributed by atoms with E-state index >= 15 is 0 Å². The van der Waals surface area contributed by atoms with Crippen molar-refractivity contribution in [1.82, 2.24) is 24.8 Å². The molecule has 0 atom stereocenters. The molecule has 5 heterocycles. The fourth-order valence-corrected chi connectivity index (χ4v) is 4.94. The molecule has 10 heteroatoms. The van der Waals surface area contributed by atoms with Crippen molar-refractivity contribution in [1.29, 1.82) is 5.26 Å². The van der Waals surface area contributed by atoms with E-state index in [1.54, 1.807) is 6.21 Å². The Morgan fingerprint density at radius 1 is 1.34 bits per heavy atom. The molecule has 0 bridgehead atoms. The number of rotatable bonds is 6. The first kappa shape index (κ1) is 20.6. The smallest absolute Gasteiger partial charge is 0.227 e. The lowest BCUT2D eigenvalue weighted by Crippen LogP contribution is -2.71.